The molecular weight excluding hydrogens is 240 g/mol. The first kappa shape index (κ1) is 20.7. The number of hydrogen-bond donors (Lipinski definition) is 1. The van der Waals surface area contributed by atoms with Crippen molar-refractivity contribution in [3.8, 4) is 0 Å². The van der Waals surface area contributed by atoms with E-state index in [2.05, 4.69) is 37.9 Å². The van der Waals surface area contributed by atoms with Crippen LogP contribution in [0.5, 0.6) is 0 Å². The van der Waals surface area contributed by atoms with Gasteiger partial charge >= 0.3 is 0 Å². The zero-order valence-corrected chi connectivity index (χ0v) is 13.6. The number of carbonyl (C=O) groups excluding carboxylic acids is 1. The average molecular weight is 274 g/mol. The first-order chi connectivity index (χ1) is 9.12. The predicted molar refractivity (Wildman–Crippen MR) is 82.4 cm³/mol. The number of amides is 1. The summed E-state index contributed by atoms with van der Waals surface area (Å²) in [5.41, 5.74) is 0. The summed E-state index contributed by atoms with van der Waals surface area (Å²) in [5.74, 6) is 0.853. The van der Waals surface area contributed by atoms with E-state index in [0.717, 1.165) is 32.2 Å². The zero-order chi connectivity index (χ0) is 14.9. The number of rotatable bonds is 5. The quantitative estimate of drug-likeness (QED) is 0.783. The minimum absolute atomic E-state index is 0.625. The van der Waals surface area contributed by atoms with E-state index in [1.807, 2.05) is 0 Å². The first-order valence-electron chi connectivity index (χ1n) is 7.53. The first-order valence-corrected chi connectivity index (χ1v) is 7.53. The molecule has 1 fully saturated rings. The highest BCUT2D eigenvalue weighted by molar-refractivity contribution is 5.44. The summed E-state index contributed by atoms with van der Waals surface area (Å²) in [6, 6.07) is 0. The van der Waals surface area contributed by atoms with Crippen LogP contribution in [0.1, 0.15) is 47.0 Å². The van der Waals surface area contributed by atoms with Crippen LogP contribution in [0.25, 0.3) is 0 Å². The second-order valence-electron chi connectivity index (χ2n) is 5.10. The van der Waals surface area contributed by atoms with Crippen LogP contribution >= 0.6 is 0 Å². The van der Waals surface area contributed by atoms with Crippen molar-refractivity contribution in [1.29, 1.82) is 0 Å². The summed E-state index contributed by atoms with van der Waals surface area (Å²) in [5, 5.41) is 2.25. The molecule has 0 radical (unpaired) electrons. The van der Waals surface area contributed by atoms with Gasteiger partial charge in [-0.3, -0.25) is 9.69 Å². The lowest BCUT2D eigenvalue weighted by molar-refractivity contribution is -0.109. The minimum atomic E-state index is 0.625. The van der Waals surface area contributed by atoms with Gasteiger partial charge < -0.3 is 10.1 Å². The van der Waals surface area contributed by atoms with E-state index in [4.69, 9.17) is 9.53 Å². The fourth-order valence-electron chi connectivity index (χ4n) is 1.55. The Balaban J connectivity index is 0. The summed E-state index contributed by atoms with van der Waals surface area (Å²) in [7, 11) is 1.56. The number of hydrogen-bond acceptors (Lipinski definition) is 3. The maximum atomic E-state index is 9.06. The molecule has 1 rings (SSSR count). The van der Waals surface area contributed by atoms with Crippen molar-refractivity contribution in [2.24, 2.45) is 5.92 Å². The van der Waals surface area contributed by atoms with Gasteiger partial charge in [-0.05, 0) is 25.3 Å². The highest BCUT2D eigenvalue weighted by atomic mass is 16.5. The van der Waals surface area contributed by atoms with Crippen LogP contribution in [0.3, 0.4) is 0 Å². The van der Waals surface area contributed by atoms with E-state index in [1.165, 1.54) is 25.8 Å². The third kappa shape index (κ3) is 19.9. The lowest BCUT2D eigenvalue weighted by atomic mass is 10.1. The molecule has 19 heavy (non-hydrogen) atoms. The Hall–Kier alpha value is -0.610. The number of ether oxygens (including phenoxy) is 1. The number of nitrogens with zero attached hydrogens (tertiary/aromatic N) is 1. The summed E-state index contributed by atoms with van der Waals surface area (Å²) < 4.78 is 5.29. The number of morpholine rings is 1. The molecule has 1 amide bonds. The van der Waals surface area contributed by atoms with E-state index < -0.39 is 0 Å². The maximum Gasteiger partial charge on any atom is 0.206 e. The Morgan fingerprint density at radius 3 is 2.11 bits per heavy atom. The largest absolute Gasteiger partial charge is 0.379 e. The van der Waals surface area contributed by atoms with Crippen molar-refractivity contribution in [3.05, 3.63) is 0 Å². The number of carbonyl (C=O) groups is 1. The van der Waals surface area contributed by atoms with Gasteiger partial charge in [-0.15, -0.1) is 0 Å². The Kier molecular flexibility index (Phi) is 18.9. The van der Waals surface area contributed by atoms with Crippen LogP contribution in [0, 0.1) is 5.92 Å². The Labute approximate surface area is 119 Å². The summed E-state index contributed by atoms with van der Waals surface area (Å²) in [4.78, 5) is 11.6. The monoisotopic (exact) mass is 274 g/mol. The molecular formula is C15H34N2O2. The normalized spacial score (nSPS) is 14.8. The molecule has 1 aliphatic heterocycles. The average Bonchev–Trinajstić information content (AvgIpc) is 2.41. The Bertz CT molecular complexity index is 170. The topological polar surface area (TPSA) is 41.6 Å². The molecule has 1 aliphatic rings. The van der Waals surface area contributed by atoms with Crippen LogP contribution in [0.4, 0.5) is 0 Å². The summed E-state index contributed by atoms with van der Waals surface area (Å²) in [6.07, 6.45) is 4.58. The molecule has 4 nitrogen and oxygen atoms in total. The van der Waals surface area contributed by atoms with E-state index in [-0.39, 0.29) is 0 Å². The predicted octanol–water partition coefficient (Wildman–Crippen LogP) is 2.53. The zero-order valence-electron chi connectivity index (χ0n) is 13.6. The SMILES string of the molecule is CC(C)CCCN1CCOCC1.CCC.CNC=O. The second kappa shape index (κ2) is 17.4. The molecule has 0 aliphatic carbocycles. The molecule has 0 bridgehead atoms. The summed E-state index contributed by atoms with van der Waals surface area (Å²) in [6.45, 7) is 14.2. The van der Waals surface area contributed by atoms with Crippen molar-refractivity contribution < 1.29 is 9.53 Å². The van der Waals surface area contributed by atoms with Crippen molar-refractivity contribution >= 4 is 6.41 Å². The van der Waals surface area contributed by atoms with Gasteiger partial charge in [-0.1, -0.05) is 34.1 Å². The van der Waals surface area contributed by atoms with Gasteiger partial charge in [0.25, 0.3) is 0 Å². The van der Waals surface area contributed by atoms with Gasteiger partial charge in [0, 0.05) is 20.1 Å². The highest BCUT2D eigenvalue weighted by Crippen LogP contribution is 2.05. The molecule has 0 atom stereocenters. The molecule has 0 aromatic rings. The smallest absolute Gasteiger partial charge is 0.206 e. The molecule has 0 saturated carbocycles. The van der Waals surface area contributed by atoms with Gasteiger partial charge in [0.1, 0.15) is 0 Å². The van der Waals surface area contributed by atoms with Crippen molar-refractivity contribution in [2.75, 3.05) is 39.9 Å². The van der Waals surface area contributed by atoms with Crippen molar-refractivity contribution in [3.63, 3.8) is 0 Å². The minimum Gasteiger partial charge on any atom is -0.379 e. The van der Waals surface area contributed by atoms with Crippen LogP contribution < -0.4 is 5.32 Å². The lowest BCUT2D eigenvalue weighted by Crippen LogP contribution is -2.36. The van der Waals surface area contributed by atoms with Crippen LogP contribution in [-0.2, 0) is 9.53 Å². The maximum absolute atomic E-state index is 9.06. The van der Waals surface area contributed by atoms with E-state index in [1.54, 1.807) is 7.05 Å². The van der Waals surface area contributed by atoms with Gasteiger partial charge in [0.2, 0.25) is 6.41 Å². The second-order valence-corrected chi connectivity index (χ2v) is 5.10. The molecule has 1 heterocycles. The van der Waals surface area contributed by atoms with Crippen LogP contribution in [0.2, 0.25) is 0 Å². The summed E-state index contributed by atoms with van der Waals surface area (Å²) >= 11 is 0. The molecule has 1 saturated heterocycles. The third-order valence-corrected chi connectivity index (χ3v) is 2.48. The standard InChI is InChI=1S/C10H21NO.C3H8.C2H5NO/c1-10(2)4-3-5-11-6-8-12-9-7-11;1-3-2;1-3-2-4/h10H,3-9H2,1-2H3;3H2,1-2H3;2H,1H3,(H,3,4). The van der Waals surface area contributed by atoms with Crippen LogP contribution in [0.15, 0.2) is 0 Å². The van der Waals surface area contributed by atoms with E-state index >= 15 is 0 Å². The fourth-order valence-corrected chi connectivity index (χ4v) is 1.55. The molecule has 1 N–H and O–H groups in total. The fraction of sp³-hybridized carbons (Fsp3) is 0.933. The van der Waals surface area contributed by atoms with Crippen molar-refractivity contribution in [1.82, 2.24) is 10.2 Å². The molecule has 4 heteroatoms. The van der Waals surface area contributed by atoms with Crippen LogP contribution in [-0.4, -0.2) is 51.2 Å². The van der Waals surface area contributed by atoms with Gasteiger partial charge in [0.15, 0.2) is 0 Å². The van der Waals surface area contributed by atoms with Gasteiger partial charge in [-0.2, -0.15) is 0 Å². The lowest BCUT2D eigenvalue weighted by Gasteiger charge is -2.26. The molecule has 0 aromatic carbocycles. The third-order valence-electron chi connectivity index (χ3n) is 2.48. The molecule has 0 aromatic heterocycles. The van der Waals surface area contributed by atoms with Gasteiger partial charge in [0.05, 0.1) is 13.2 Å². The number of nitrogens with one attached hydrogen (secondary N) is 1. The van der Waals surface area contributed by atoms with E-state index in [0.29, 0.717) is 6.41 Å². The van der Waals surface area contributed by atoms with Crippen molar-refractivity contribution in [2.45, 2.75) is 47.0 Å². The Morgan fingerprint density at radius 2 is 1.74 bits per heavy atom. The highest BCUT2D eigenvalue weighted by Gasteiger charge is 2.09. The molecule has 116 valence electrons. The Morgan fingerprint density at radius 1 is 1.26 bits per heavy atom. The molecule has 0 spiro atoms. The van der Waals surface area contributed by atoms with E-state index in [9.17, 15) is 0 Å². The molecule has 0 unspecified atom stereocenters. The van der Waals surface area contributed by atoms with Gasteiger partial charge in [-0.25, -0.2) is 0 Å².